The Morgan fingerprint density at radius 3 is 2.65 bits per heavy atom. The minimum Gasteiger partial charge on any atom is -0.490 e. The van der Waals surface area contributed by atoms with Gasteiger partial charge in [-0.3, -0.25) is 0 Å². The molecule has 2 aliphatic carbocycles. The maximum absolute atomic E-state index is 14.1. The van der Waals surface area contributed by atoms with Gasteiger partial charge in [0.2, 0.25) is 0 Å². The van der Waals surface area contributed by atoms with Crippen molar-refractivity contribution in [1.29, 1.82) is 0 Å². The van der Waals surface area contributed by atoms with Crippen molar-refractivity contribution in [3.05, 3.63) is 29.1 Å². The van der Waals surface area contributed by atoms with E-state index in [-0.39, 0.29) is 11.2 Å². The molecule has 0 heterocycles. The van der Waals surface area contributed by atoms with Crippen LogP contribution in [0.2, 0.25) is 0 Å². The van der Waals surface area contributed by atoms with E-state index in [1.165, 1.54) is 18.4 Å². The van der Waals surface area contributed by atoms with Crippen molar-refractivity contribution in [2.75, 3.05) is 6.61 Å². The first-order valence-electron chi connectivity index (χ1n) is 7.97. The van der Waals surface area contributed by atoms with E-state index in [9.17, 15) is 4.39 Å². The summed E-state index contributed by atoms with van der Waals surface area (Å²) >= 11 is 0. The molecule has 0 N–H and O–H groups in total. The van der Waals surface area contributed by atoms with Gasteiger partial charge in [0.25, 0.3) is 0 Å². The van der Waals surface area contributed by atoms with Crippen molar-refractivity contribution in [1.82, 2.24) is 0 Å². The fraction of sp³-hybridized carbons (Fsp3) is 0.667. The molecule has 2 heteroatoms. The Balaban J connectivity index is 1.89. The molecule has 2 aliphatic rings. The average molecular weight is 276 g/mol. The molecule has 0 spiro atoms. The van der Waals surface area contributed by atoms with Crippen LogP contribution in [0.4, 0.5) is 4.39 Å². The van der Waals surface area contributed by atoms with Gasteiger partial charge in [-0.15, -0.1) is 0 Å². The smallest absolute Gasteiger partial charge is 0.165 e. The minimum absolute atomic E-state index is 0.181. The highest BCUT2D eigenvalue weighted by Gasteiger charge is 2.36. The Kier molecular flexibility index (Phi) is 3.51. The zero-order chi connectivity index (χ0) is 14.3. The van der Waals surface area contributed by atoms with Crippen molar-refractivity contribution >= 4 is 0 Å². The number of fused-ring (bicyclic) bond motifs is 1. The molecule has 20 heavy (non-hydrogen) atoms. The molecule has 3 rings (SSSR count). The van der Waals surface area contributed by atoms with Crippen molar-refractivity contribution in [3.8, 4) is 5.75 Å². The van der Waals surface area contributed by atoms with Crippen molar-refractivity contribution < 1.29 is 9.13 Å². The quantitative estimate of drug-likeness (QED) is 0.728. The molecule has 0 saturated heterocycles. The van der Waals surface area contributed by atoms with Crippen LogP contribution in [0.1, 0.15) is 63.5 Å². The second kappa shape index (κ2) is 5.05. The van der Waals surface area contributed by atoms with Gasteiger partial charge in [-0.25, -0.2) is 4.39 Å². The van der Waals surface area contributed by atoms with E-state index in [1.54, 1.807) is 6.07 Å². The molecule has 0 unspecified atom stereocenters. The highest BCUT2D eigenvalue weighted by molar-refractivity contribution is 5.47. The topological polar surface area (TPSA) is 9.23 Å². The molecule has 1 nitrogen and oxygen atoms in total. The van der Waals surface area contributed by atoms with Gasteiger partial charge < -0.3 is 4.74 Å². The molecule has 0 radical (unpaired) electrons. The first kappa shape index (κ1) is 13.9. The van der Waals surface area contributed by atoms with Crippen LogP contribution in [0.3, 0.4) is 0 Å². The van der Waals surface area contributed by atoms with Crippen LogP contribution in [0, 0.1) is 17.2 Å². The lowest BCUT2D eigenvalue weighted by atomic mass is 9.74. The van der Waals surface area contributed by atoms with Gasteiger partial charge in [-0.1, -0.05) is 33.3 Å². The van der Waals surface area contributed by atoms with Gasteiger partial charge in [0, 0.05) is 5.56 Å². The summed E-state index contributed by atoms with van der Waals surface area (Å²) in [6.45, 7) is 7.57. The van der Waals surface area contributed by atoms with Gasteiger partial charge in [-0.05, 0) is 54.6 Å². The van der Waals surface area contributed by atoms with Crippen molar-refractivity contribution in [2.24, 2.45) is 11.3 Å². The number of benzene rings is 1. The maximum atomic E-state index is 14.1. The monoisotopic (exact) mass is 276 g/mol. The Hall–Kier alpha value is -1.05. The molecule has 1 saturated carbocycles. The molecule has 0 amide bonds. The molecule has 1 atom stereocenters. The van der Waals surface area contributed by atoms with Crippen LogP contribution in [-0.2, 0) is 6.42 Å². The lowest BCUT2D eigenvalue weighted by Gasteiger charge is -2.31. The molecule has 0 aliphatic heterocycles. The molecule has 0 aromatic heterocycles. The predicted octanol–water partition coefficient (Wildman–Crippen LogP) is 5.08. The summed E-state index contributed by atoms with van der Waals surface area (Å²) in [4.78, 5) is 0. The normalized spacial score (nSPS) is 21.9. The van der Waals surface area contributed by atoms with Crippen molar-refractivity contribution in [3.63, 3.8) is 0 Å². The Labute approximate surface area is 121 Å². The fourth-order valence-corrected chi connectivity index (χ4v) is 3.34. The minimum atomic E-state index is -0.181. The fourth-order valence-electron chi connectivity index (χ4n) is 3.34. The van der Waals surface area contributed by atoms with E-state index in [4.69, 9.17) is 4.74 Å². The van der Waals surface area contributed by atoms with E-state index in [1.807, 2.05) is 6.07 Å². The van der Waals surface area contributed by atoms with Crippen LogP contribution in [0.25, 0.3) is 0 Å². The maximum Gasteiger partial charge on any atom is 0.165 e. The Bertz CT molecular complexity index is 502. The van der Waals surface area contributed by atoms with E-state index in [0.29, 0.717) is 24.2 Å². The van der Waals surface area contributed by atoms with Crippen LogP contribution in [0.5, 0.6) is 5.75 Å². The summed E-state index contributed by atoms with van der Waals surface area (Å²) < 4.78 is 19.9. The lowest BCUT2D eigenvalue weighted by molar-refractivity contribution is 0.272. The van der Waals surface area contributed by atoms with Gasteiger partial charge >= 0.3 is 0 Å². The summed E-state index contributed by atoms with van der Waals surface area (Å²) in [6, 6.07) is 3.59. The summed E-state index contributed by atoms with van der Waals surface area (Å²) in [5.74, 6) is 1.56. The van der Waals surface area contributed by atoms with E-state index < -0.39 is 0 Å². The molecular formula is C18H25FO. The number of ether oxygens (including phenoxy) is 1. The number of hydrogen-bond donors (Lipinski definition) is 0. The van der Waals surface area contributed by atoms with Crippen molar-refractivity contribution in [2.45, 2.75) is 58.8 Å². The molecule has 110 valence electrons. The SMILES string of the molecule is CCC(C)(C)[C@H]1CCc2c1ccc(F)c2OCC1CC1. The standard InChI is InChI=1S/C18H25FO/c1-4-18(2,3)15-9-7-14-13(15)8-10-16(19)17(14)20-11-12-5-6-12/h8,10,12,15H,4-7,9,11H2,1-3H3/t15-/m0/s1. The third-order valence-corrected chi connectivity index (χ3v) is 5.32. The first-order chi connectivity index (χ1) is 9.53. The first-order valence-corrected chi connectivity index (χ1v) is 7.97. The van der Waals surface area contributed by atoms with Gasteiger partial charge in [0.1, 0.15) is 0 Å². The largest absolute Gasteiger partial charge is 0.490 e. The third-order valence-electron chi connectivity index (χ3n) is 5.32. The van der Waals surface area contributed by atoms with Crippen LogP contribution < -0.4 is 4.74 Å². The summed E-state index contributed by atoms with van der Waals surface area (Å²) in [6.07, 6.45) is 5.71. The molecular weight excluding hydrogens is 251 g/mol. The number of rotatable bonds is 5. The highest BCUT2D eigenvalue weighted by Crippen LogP contribution is 2.49. The van der Waals surface area contributed by atoms with E-state index >= 15 is 0 Å². The molecule has 1 fully saturated rings. The summed E-state index contributed by atoms with van der Waals surface area (Å²) in [5.41, 5.74) is 2.73. The number of halogens is 1. The zero-order valence-corrected chi connectivity index (χ0v) is 12.8. The van der Waals surface area contributed by atoms with Crippen LogP contribution >= 0.6 is 0 Å². The second-order valence-electron chi connectivity index (χ2n) is 7.13. The van der Waals surface area contributed by atoms with Crippen LogP contribution in [-0.4, -0.2) is 6.61 Å². The van der Waals surface area contributed by atoms with E-state index in [2.05, 4.69) is 20.8 Å². The summed E-state index contributed by atoms with van der Waals surface area (Å²) in [5, 5.41) is 0. The molecule has 1 aromatic carbocycles. The predicted molar refractivity (Wildman–Crippen MR) is 79.8 cm³/mol. The van der Waals surface area contributed by atoms with E-state index in [0.717, 1.165) is 24.8 Å². The Morgan fingerprint density at radius 2 is 2.00 bits per heavy atom. The lowest BCUT2D eigenvalue weighted by Crippen LogP contribution is -2.19. The third kappa shape index (κ3) is 2.45. The van der Waals surface area contributed by atoms with Gasteiger partial charge in [0.05, 0.1) is 6.61 Å². The average Bonchev–Trinajstić information content (AvgIpc) is 3.14. The van der Waals surface area contributed by atoms with Gasteiger partial charge in [-0.2, -0.15) is 0 Å². The van der Waals surface area contributed by atoms with Gasteiger partial charge in [0.15, 0.2) is 11.6 Å². The Morgan fingerprint density at radius 1 is 1.25 bits per heavy atom. The molecule has 1 aromatic rings. The highest BCUT2D eigenvalue weighted by atomic mass is 19.1. The number of hydrogen-bond acceptors (Lipinski definition) is 1. The summed E-state index contributed by atoms with van der Waals surface area (Å²) in [7, 11) is 0. The second-order valence-corrected chi connectivity index (χ2v) is 7.13. The molecule has 0 bridgehead atoms. The van der Waals surface area contributed by atoms with Crippen LogP contribution in [0.15, 0.2) is 12.1 Å². The zero-order valence-electron chi connectivity index (χ0n) is 12.8.